The molecule has 0 atom stereocenters. The number of aryl methyl sites for hydroxylation is 1. The topological polar surface area (TPSA) is 148 Å². The number of rotatable bonds is 6. The van der Waals surface area contributed by atoms with Crippen molar-refractivity contribution in [2.24, 2.45) is 5.14 Å². The van der Waals surface area contributed by atoms with Crippen LogP contribution in [-0.2, 0) is 20.0 Å². The number of nitrogens with zero attached hydrogens (tertiary/aromatic N) is 1. The van der Waals surface area contributed by atoms with Gasteiger partial charge in [0, 0.05) is 11.3 Å². The Balaban J connectivity index is 1.54. The van der Waals surface area contributed by atoms with Crippen LogP contribution in [0, 0.1) is 6.92 Å². The Morgan fingerprint density at radius 2 is 1.64 bits per heavy atom. The zero-order chi connectivity index (χ0) is 23.8. The minimum Gasteiger partial charge on any atom is -0.298 e. The molecule has 0 saturated heterocycles. The van der Waals surface area contributed by atoms with E-state index in [4.69, 9.17) is 5.14 Å². The van der Waals surface area contributed by atoms with E-state index in [1.807, 2.05) is 6.92 Å². The zero-order valence-electron chi connectivity index (χ0n) is 17.1. The first-order valence-electron chi connectivity index (χ1n) is 9.46. The third-order valence-electron chi connectivity index (χ3n) is 4.62. The molecule has 4 aromatic rings. The largest absolute Gasteiger partial charge is 0.298 e. The van der Waals surface area contributed by atoms with Crippen molar-refractivity contribution in [3.8, 4) is 0 Å². The van der Waals surface area contributed by atoms with E-state index in [0.29, 0.717) is 10.2 Å². The smallest absolute Gasteiger partial charge is 0.261 e. The average Bonchev–Trinajstić information content (AvgIpc) is 3.14. The molecule has 4 N–H and O–H groups in total. The summed E-state index contributed by atoms with van der Waals surface area (Å²) in [4.78, 5) is 17.0. The van der Waals surface area contributed by atoms with Crippen molar-refractivity contribution in [1.82, 2.24) is 4.98 Å². The summed E-state index contributed by atoms with van der Waals surface area (Å²) in [6.45, 7) is 1.86. The zero-order valence-corrected chi connectivity index (χ0v) is 19.6. The van der Waals surface area contributed by atoms with Gasteiger partial charge in [-0.05, 0) is 55.5 Å². The molecule has 0 saturated carbocycles. The molecule has 33 heavy (non-hydrogen) atoms. The lowest BCUT2D eigenvalue weighted by molar-refractivity contribution is 0.102. The molecule has 4 rings (SSSR count). The minimum absolute atomic E-state index is 0.0508. The maximum Gasteiger partial charge on any atom is 0.261 e. The van der Waals surface area contributed by atoms with Crippen LogP contribution in [0.25, 0.3) is 10.2 Å². The first-order valence-corrected chi connectivity index (χ1v) is 13.3. The number of sulfonamides is 2. The summed E-state index contributed by atoms with van der Waals surface area (Å²) in [6, 6.07) is 16.7. The van der Waals surface area contributed by atoms with Gasteiger partial charge in [-0.25, -0.2) is 27.0 Å². The number of carbonyl (C=O) groups is 1. The summed E-state index contributed by atoms with van der Waals surface area (Å²) in [6.07, 6.45) is 0. The van der Waals surface area contributed by atoms with Gasteiger partial charge in [-0.2, -0.15) is 0 Å². The van der Waals surface area contributed by atoms with Gasteiger partial charge in [0.15, 0.2) is 5.13 Å². The minimum atomic E-state index is -3.86. The molecular formula is C21H18N4O5S3. The van der Waals surface area contributed by atoms with Crippen molar-refractivity contribution >= 4 is 58.3 Å². The van der Waals surface area contributed by atoms with Gasteiger partial charge in [-0.15, -0.1) is 0 Å². The molecule has 0 radical (unpaired) electrons. The summed E-state index contributed by atoms with van der Waals surface area (Å²) in [7, 11) is -7.67. The predicted molar refractivity (Wildman–Crippen MR) is 127 cm³/mol. The number of nitrogens with two attached hydrogens (primary N) is 1. The highest BCUT2D eigenvalue weighted by molar-refractivity contribution is 7.92. The third-order valence-corrected chi connectivity index (χ3v) is 7.86. The normalized spacial score (nSPS) is 11.9. The molecule has 0 bridgehead atoms. The van der Waals surface area contributed by atoms with E-state index in [1.165, 1.54) is 48.5 Å². The number of anilines is 2. The Morgan fingerprint density at radius 1 is 0.939 bits per heavy atom. The lowest BCUT2D eigenvalue weighted by Gasteiger charge is -2.10. The second kappa shape index (κ2) is 8.56. The third kappa shape index (κ3) is 5.20. The number of benzene rings is 3. The fraction of sp³-hybridized carbons (Fsp3) is 0.0476. The average molecular weight is 503 g/mol. The van der Waals surface area contributed by atoms with Crippen molar-refractivity contribution in [2.75, 3.05) is 10.0 Å². The number of carbonyl (C=O) groups excluding carboxylic acids is 1. The Labute approximate surface area is 194 Å². The number of primary sulfonamides is 1. The van der Waals surface area contributed by atoms with Crippen LogP contribution in [0.4, 0.5) is 10.8 Å². The van der Waals surface area contributed by atoms with E-state index >= 15 is 0 Å². The molecule has 0 aliphatic rings. The second-order valence-electron chi connectivity index (χ2n) is 7.15. The number of hydrogen-bond donors (Lipinski definition) is 3. The Morgan fingerprint density at radius 3 is 2.33 bits per heavy atom. The highest BCUT2D eigenvalue weighted by Gasteiger charge is 2.16. The Kier molecular flexibility index (Phi) is 5.93. The fourth-order valence-electron chi connectivity index (χ4n) is 2.96. The molecule has 1 heterocycles. The van der Waals surface area contributed by atoms with E-state index in [2.05, 4.69) is 15.0 Å². The maximum absolute atomic E-state index is 12.7. The quantitative estimate of drug-likeness (QED) is 0.368. The standard InChI is InChI=1S/C21H18N4O5S3/c1-13-5-7-16(8-6-13)33(29,30)25-15-4-2-3-14(11-15)20(26)24-21-23-18-10-9-17(32(22,27)28)12-19(18)31-21/h2-12,25H,1H3,(H2,22,27,28)(H,23,24,26). The molecule has 3 aromatic carbocycles. The number of thiazole rings is 1. The van der Waals surface area contributed by atoms with Crippen molar-refractivity contribution < 1.29 is 21.6 Å². The predicted octanol–water partition coefficient (Wildman–Crippen LogP) is 3.31. The molecule has 0 aliphatic heterocycles. The van der Waals surface area contributed by atoms with Crippen molar-refractivity contribution in [2.45, 2.75) is 16.7 Å². The molecule has 170 valence electrons. The summed E-state index contributed by atoms with van der Waals surface area (Å²) in [5.74, 6) is -0.503. The van der Waals surface area contributed by atoms with E-state index in [0.717, 1.165) is 16.9 Å². The molecular weight excluding hydrogens is 484 g/mol. The van der Waals surface area contributed by atoms with Crippen LogP contribution in [-0.4, -0.2) is 27.7 Å². The first kappa shape index (κ1) is 22.9. The van der Waals surface area contributed by atoms with Gasteiger partial charge >= 0.3 is 0 Å². The van der Waals surface area contributed by atoms with Crippen LogP contribution in [0.1, 0.15) is 15.9 Å². The first-order chi connectivity index (χ1) is 15.5. The van der Waals surface area contributed by atoms with Crippen molar-refractivity contribution in [3.05, 3.63) is 77.9 Å². The van der Waals surface area contributed by atoms with E-state index < -0.39 is 26.0 Å². The van der Waals surface area contributed by atoms with Gasteiger partial charge in [-0.1, -0.05) is 35.1 Å². The van der Waals surface area contributed by atoms with E-state index in [9.17, 15) is 21.6 Å². The summed E-state index contributed by atoms with van der Waals surface area (Å²) < 4.78 is 51.3. The van der Waals surface area contributed by atoms with E-state index in [1.54, 1.807) is 18.2 Å². The van der Waals surface area contributed by atoms with Gasteiger partial charge in [0.1, 0.15) is 0 Å². The molecule has 0 aliphatic carbocycles. The Hall–Kier alpha value is -3.32. The van der Waals surface area contributed by atoms with Crippen LogP contribution in [0.15, 0.2) is 76.5 Å². The van der Waals surface area contributed by atoms with Gasteiger partial charge in [-0.3, -0.25) is 14.8 Å². The second-order valence-corrected chi connectivity index (χ2v) is 11.4. The van der Waals surface area contributed by atoms with Gasteiger partial charge in [0.05, 0.1) is 20.0 Å². The molecule has 0 spiro atoms. The van der Waals surface area contributed by atoms with Crippen LogP contribution in [0.5, 0.6) is 0 Å². The van der Waals surface area contributed by atoms with Crippen LogP contribution in [0.3, 0.4) is 0 Å². The molecule has 1 amide bonds. The number of hydrogen-bond acceptors (Lipinski definition) is 7. The summed E-state index contributed by atoms with van der Waals surface area (Å²) in [5, 5.41) is 8.05. The van der Waals surface area contributed by atoms with E-state index in [-0.39, 0.29) is 26.2 Å². The highest BCUT2D eigenvalue weighted by atomic mass is 32.2. The fourth-order valence-corrected chi connectivity index (χ4v) is 5.52. The van der Waals surface area contributed by atoms with Gasteiger partial charge in [0.2, 0.25) is 10.0 Å². The number of nitrogens with one attached hydrogen (secondary N) is 2. The van der Waals surface area contributed by atoms with Gasteiger partial charge in [0.25, 0.3) is 15.9 Å². The van der Waals surface area contributed by atoms with Crippen LogP contribution in [0.2, 0.25) is 0 Å². The highest BCUT2D eigenvalue weighted by Crippen LogP contribution is 2.28. The molecule has 0 fully saturated rings. The SMILES string of the molecule is Cc1ccc(S(=O)(=O)Nc2cccc(C(=O)Nc3nc4ccc(S(N)(=O)=O)cc4s3)c2)cc1. The number of aromatic nitrogens is 1. The lowest BCUT2D eigenvalue weighted by Crippen LogP contribution is -2.15. The molecule has 0 unspecified atom stereocenters. The lowest BCUT2D eigenvalue weighted by atomic mass is 10.2. The van der Waals surface area contributed by atoms with Crippen molar-refractivity contribution in [1.29, 1.82) is 0 Å². The number of fused-ring (bicyclic) bond motifs is 1. The molecule has 12 heteroatoms. The monoisotopic (exact) mass is 502 g/mol. The van der Waals surface area contributed by atoms with Crippen molar-refractivity contribution in [3.63, 3.8) is 0 Å². The Bertz CT molecular complexity index is 1580. The van der Waals surface area contributed by atoms with Crippen LogP contribution < -0.4 is 15.2 Å². The number of amides is 1. The summed E-state index contributed by atoms with van der Waals surface area (Å²) in [5.41, 5.74) is 1.87. The van der Waals surface area contributed by atoms with Crippen LogP contribution >= 0.6 is 11.3 Å². The molecule has 1 aromatic heterocycles. The van der Waals surface area contributed by atoms with Gasteiger partial charge < -0.3 is 0 Å². The molecule has 9 nitrogen and oxygen atoms in total. The maximum atomic E-state index is 12.7. The summed E-state index contributed by atoms with van der Waals surface area (Å²) >= 11 is 1.09.